The molecule has 0 aliphatic heterocycles. The van der Waals surface area contributed by atoms with E-state index in [0.29, 0.717) is 11.4 Å². The number of hydrogen-bond acceptors (Lipinski definition) is 4. The number of hydrogen-bond donors (Lipinski definition) is 2. The van der Waals surface area contributed by atoms with E-state index in [1.165, 1.54) is 0 Å². The largest absolute Gasteiger partial charge is 0.496 e. The van der Waals surface area contributed by atoms with E-state index in [1.54, 1.807) is 12.5 Å². The number of thiophene rings is 1. The van der Waals surface area contributed by atoms with Crippen molar-refractivity contribution < 1.29 is 14.6 Å². The van der Waals surface area contributed by atoms with E-state index >= 15 is 0 Å². The van der Waals surface area contributed by atoms with E-state index in [2.05, 4.69) is 6.92 Å². The molecule has 1 heterocycles. The topological polar surface area (TPSA) is 72.5 Å². The van der Waals surface area contributed by atoms with Gasteiger partial charge in [0.1, 0.15) is 10.6 Å². The summed E-state index contributed by atoms with van der Waals surface area (Å²) in [6, 6.07) is 5.86. The second-order valence-electron chi connectivity index (χ2n) is 4.09. The molecule has 0 aliphatic carbocycles. The SMILES string of the molecule is CCc1ccc(OC)c(-c2csc(C(=O)O)c2N)c1. The van der Waals surface area contributed by atoms with E-state index in [9.17, 15) is 4.79 Å². The molecule has 0 aliphatic rings. The second kappa shape index (κ2) is 5.32. The van der Waals surface area contributed by atoms with Gasteiger partial charge in [-0.05, 0) is 24.1 Å². The second-order valence-corrected chi connectivity index (χ2v) is 4.97. The van der Waals surface area contributed by atoms with Crippen LogP contribution >= 0.6 is 11.3 Å². The van der Waals surface area contributed by atoms with Crippen LogP contribution in [0.4, 0.5) is 5.69 Å². The highest BCUT2D eigenvalue weighted by Gasteiger charge is 2.18. The predicted molar refractivity (Wildman–Crippen MR) is 77.1 cm³/mol. The molecule has 1 aromatic carbocycles. The molecule has 0 saturated heterocycles. The maximum Gasteiger partial charge on any atom is 0.348 e. The summed E-state index contributed by atoms with van der Waals surface area (Å²) in [5, 5.41) is 10.8. The number of carboxylic acid groups (broad SMARTS) is 1. The van der Waals surface area contributed by atoms with Crippen LogP contribution < -0.4 is 10.5 Å². The molecule has 1 aromatic heterocycles. The van der Waals surface area contributed by atoms with Crippen LogP contribution in [-0.2, 0) is 6.42 Å². The zero-order valence-electron chi connectivity index (χ0n) is 10.8. The lowest BCUT2D eigenvalue weighted by molar-refractivity contribution is 0.0703. The average Bonchev–Trinajstić information content (AvgIpc) is 2.79. The molecule has 0 fully saturated rings. The van der Waals surface area contributed by atoms with E-state index < -0.39 is 5.97 Å². The summed E-state index contributed by atoms with van der Waals surface area (Å²) < 4.78 is 5.33. The van der Waals surface area contributed by atoms with Gasteiger partial charge in [0.15, 0.2) is 0 Å². The van der Waals surface area contributed by atoms with Gasteiger partial charge in [0, 0.05) is 16.5 Å². The number of nitrogen functional groups attached to an aromatic ring is 1. The fourth-order valence-corrected chi connectivity index (χ4v) is 2.75. The Kier molecular flexibility index (Phi) is 3.76. The molecule has 2 aromatic rings. The van der Waals surface area contributed by atoms with E-state index in [0.717, 1.165) is 34.4 Å². The molecule has 5 heteroatoms. The van der Waals surface area contributed by atoms with Gasteiger partial charge >= 0.3 is 5.97 Å². The molecule has 0 bridgehead atoms. The normalized spacial score (nSPS) is 10.4. The Morgan fingerprint density at radius 2 is 2.16 bits per heavy atom. The molecule has 3 N–H and O–H groups in total. The summed E-state index contributed by atoms with van der Waals surface area (Å²) in [6.45, 7) is 2.06. The number of benzene rings is 1. The van der Waals surface area contributed by atoms with Crippen LogP contribution in [0.2, 0.25) is 0 Å². The highest BCUT2D eigenvalue weighted by Crippen LogP contribution is 2.39. The van der Waals surface area contributed by atoms with Gasteiger partial charge < -0.3 is 15.6 Å². The van der Waals surface area contributed by atoms with Crippen molar-refractivity contribution in [2.75, 3.05) is 12.8 Å². The fraction of sp³-hybridized carbons (Fsp3) is 0.214. The van der Waals surface area contributed by atoms with Gasteiger partial charge in [0.25, 0.3) is 0 Å². The average molecular weight is 277 g/mol. The molecular weight excluding hydrogens is 262 g/mol. The molecule has 0 saturated carbocycles. The lowest BCUT2D eigenvalue weighted by atomic mass is 10.0. The van der Waals surface area contributed by atoms with E-state index in [1.807, 2.05) is 18.2 Å². The molecule has 0 radical (unpaired) electrons. The molecule has 2 rings (SSSR count). The summed E-state index contributed by atoms with van der Waals surface area (Å²) in [4.78, 5) is 11.2. The molecular formula is C14H15NO3S. The van der Waals surface area contributed by atoms with Gasteiger partial charge in [-0.2, -0.15) is 0 Å². The van der Waals surface area contributed by atoms with Gasteiger partial charge in [0.2, 0.25) is 0 Å². The summed E-state index contributed by atoms with van der Waals surface area (Å²) in [6.07, 6.45) is 0.896. The van der Waals surface area contributed by atoms with Crippen molar-refractivity contribution in [1.82, 2.24) is 0 Å². The minimum atomic E-state index is -1.00. The molecule has 0 spiro atoms. The van der Waals surface area contributed by atoms with Crippen molar-refractivity contribution in [3.05, 3.63) is 34.0 Å². The van der Waals surface area contributed by atoms with Crippen molar-refractivity contribution in [1.29, 1.82) is 0 Å². The predicted octanol–water partition coefficient (Wildman–Crippen LogP) is 3.27. The summed E-state index contributed by atoms with van der Waals surface area (Å²) >= 11 is 1.13. The third-order valence-electron chi connectivity index (χ3n) is 2.99. The molecule has 0 unspecified atom stereocenters. The number of methoxy groups -OCH3 is 1. The Bertz CT molecular complexity index is 619. The number of nitrogens with two attached hydrogens (primary N) is 1. The number of ether oxygens (including phenoxy) is 1. The Labute approximate surface area is 115 Å². The maximum absolute atomic E-state index is 11.0. The van der Waals surface area contributed by atoms with Gasteiger partial charge in [-0.25, -0.2) is 4.79 Å². The number of carboxylic acids is 1. The van der Waals surface area contributed by atoms with Crippen LogP contribution in [0.1, 0.15) is 22.2 Å². The highest BCUT2D eigenvalue weighted by molar-refractivity contribution is 7.13. The minimum Gasteiger partial charge on any atom is -0.496 e. The zero-order chi connectivity index (χ0) is 14.0. The standard InChI is InChI=1S/C14H15NO3S/c1-3-8-4-5-11(18-2)9(6-8)10-7-19-13(12(10)15)14(16)17/h4-7H,3,15H2,1-2H3,(H,16,17). The van der Waals surface area contributed by atoms with Crippen molar-refractivity contribution in [3.63, 3.8) is 0 Å². The Balaban J connectivity index is 2.60. The first kappa shape index (κ1) is 13.4. The van der Waals surface area contributed by atoms with Crippen LogP contribution in [0.3, 0.4) is 0 Å². The third kappa shape index (κ3) is 2.42. The van der Waals surface area contributed by atoms with Gasteiger partial charge in [-0.15, -0.1) is 11.3 Å². The lowest BCUT2D eigenvalue weighted by Crippen LogP contribution is -1.99. The Hall–Kier alpha value is -2.01. The fourth-order valence-electron chi connectivity index (χ4n) is 1.93. The summed E-state index contributed by atoms with van der Waals surface area (Å²) in [5.41, 5.74) is 8.93. The molecule has 4 nitrogen and oxygen atoms in total. The number of anilines is 1. The highest BCUT2D eigenvalue weighted by atomic mass is 32.1. The van der Waals surface area contributed by atoms with Crippen molar-refractivity contribution in [3.8, 4) is 16.9 Å². The number of aromatic carboxylic acids is 1. The smallest absolute Gasteiger partial charge is 0.348 e. The first-order chi connectivity index (χ1) is 9.08. The van der Waals surface area contributed by atoms with Crippen LogP contribution in [0, 0.1) is 0 Å². The lowest BCUT2D eigenvalue weighted by Gasteiger charge is -2.10. The first-order valence-electron chi connectivity index (χ1n) is 5.86. The molecule has 0 amide bonds. The third-order valence-corrected chi connectivity index (χ3v) is 3.97. The molecule has 0 atom stereocenters. The Morgan fingerprint density at radius 3 is 2.68 bits per heavy atom. The zero-order valence-corrected chi connectivity index (χ0v) is 11.6. The summed E-state index contributed by atoms with van der Waals surface area (Å²) in [7, 11) is 1.59. The molecule has 100 valence electrons. The quantitative estimate of drug-likeness (QED) is 0.899. The van der Waals surface area contributed by atoms with Crippen LogP contribution in [0.25, 0.3) is 11.1 Å². The van der Waals surface area contributed by atoms with Crippen molar-refractivity contribution in [2.45, 2.75) is 13.3 Å². The van der Waals surface area contributed by atoms with Crippen LogP contribution in [-0.4, -0.2) is 18.2 Å². The van der Waals surface area contributed by atoms with Gasteiger partial charge in [-0.1, -0.05) is 13.0 Å². The van der Waals surface area contributed by atoms with Gasteiger partial charge in [0.05, 0.1) is 12.8 Å². The maximum atomic E-state index is 11.0. The first-order valence-corrected chi connectivity index (χ1v) is 6.74. The van der Waals surface area contributed by atoms with E-state index in [-0.39, 0.29) is 4.88 Å². The summed E-state index contributed by atoms with van der Waals surface area (Å²) in [5.74, 6) is -0.307. The monoisotopic (exact) mass is 277 g/mol. The number of rotatable bonds is 4. The minimum absolute atomic E-state index is 0.166. The van der Waals surface area contributed by atoms with Crippen molar-refractivity contribution >= 4 is 23.0 Å². The van der Waals surface area contributed by atoms with E-state index in [4.69, 9.17) is 15.6 Å². The molecule has 19 heavy (non-hydrogen) atoms. The van der Waals surface area contributed by atoms with Crippen LogP contribution in [0.5, 0.6) is 5.75 Å². The van der Waals surface area contributed by atoms with Crippen molar-refractivity contribution in [2.24, 2.45) is 0 Å². The number of carbonyl (C=O) groups is 1. The van der Waals surface area contributed by atoms with Crippen LogP contribution in [0.15, 0.2) is 23.6 Å². The van der Waals surface area contributed by atoms with Gasteiger partial charge in [-0.3, -0.25) is 0 Å². The number of aryl methyl sites for hydroxylation is 1. The Morgan fingerprint density at radius 1 is 1.42 bits per heavy atom.